The first-order valence-electron chi connectivity index (χ1n) is 13.2. The summed E-state index contributed by atoms with van der Waals surface area (Å²) in [4.78, 5) is 33.7. The van der Waals surface area contributed by atoms with Gasteiger partial charge in [0.2, 0.25) is 17.7 Å². The SMILES string of the molecule is CCn1c(=O)c(-c2ccc(-c3noc(C)n3)nc2)cc2cnc(Nc3ccc(C4CCN(C)CC4)cc3)nc21. The molecule has 1 saturated heterocycles. The largest absolute Gasteiger partial charge is 0.339 e. The van der Waals surface area contributed by atoms with Gasteiger partial charge >= 0.3 is 0 Å². The summed E-state index contributed by atoms with van der Waals surface area (Å²) in [5.41, 5.74) is 4.53. The van der Waals surface area contributed by atoms with E-state index in [9.17, 15) is 4.79 Å². The molecule has 0 atom stereocenters. The van der Waals surface area contributed by atoms with Gasteiger partial charge in [-0.25, -0.2) is 4.98 Å². The number of anilines is 2. The van der Waals surface area contributed by atoms with Crippen molar-refractivity contribution in [3.8, 4) is 22.6 Å². The van der Waals surface area contributed by atoms with Crippen molar-refractivity contribution in [3.05, 3.63) is 76.7 Å². The van der Waals surface area contributed by atoms with Gasteiger partial charge in [0.25, 0.3) is 5.56 Å². The zero-order valence-electron chi connectivity index (χ0n) is 22.3. The standard InChI is InChI=1S/C29H30N8O2/c1-4-37-27-22(15-24(28(37)38)21-7-10-25(30-16-21)26-32-18(2)39-35-26)17-31-29(34-27)33-23-8-5-19(6-9-23)20-11-13-36(3)14-12-20/h5-10,15-17,20H,4,11-14H2,1-3H3,(H,31,33,34). The van der Waals surface area contributed by atoms with Crippen molar-refractivity contribution >= 4 is 22.7 Å². The molecule has 1 N–H and O–H groups in total. The highest BCUT2D eigenvalue weighted by molar-refractivity contribution is 5.82. The molecule has 0 amide bonds. The number of aryl methyl sites for hydroxylation is 2. The fraction of sp³-hybridized carbons (Fsp3) is 0.310. The monoisotopic (exact) mass is 522 g/mol. The Morgan fingerprint density at radius 3 is 2.49 bits per heavy atom. The van der Waals surface area contributed by atoms with Crippen LogP contribution in [-0.4, -0.2) is 54.7 Å². The summed E-state index contributed by atoms with van der Waals surface area (Å²) < 4.78 is 6.70. The van der Waals surface area contributed by atoms with Crippen molar-refractivity contribution < 1.29 is 4.52 Å². The molecule has 4 aromatic heterocycles. The number of fused-ring (bicyclic) bond motifs is 1. The van der Waals surface area contributed by atoms with Crippen molar-refractivity contribution in [1.29, 1.82) is 0 Å². The minimum atomic E-state index is -0.137. The molecular formula is C29H30N8O2. The minimum absolute atomic E-state index is 0.137. The second-order valence-electron chi connectivity index (χ2n) is 9.97. The van der Waals surface area contributed by atoms with Crippen LogP contribution in [0.5, 0.6) is 0 Å². The summed E-state index contributed by atoms with van der Waals surface area (Å²) in [6.07, 6.45) is 5.77. The lowest BCUT2D eigenvalue weighted by Gasteiger charge is -2.29. The Kier molecular flexibility index (Phi) is 6.62. The van der Waals surface area contributed by atoms with Gasteiger partial charge in [0.15, 0.2) is 0 Å². The highest BCUT2D eigenvalue weighted by atomic mass is 16.5. The summed E-state index contributed by atoms with van der Waals surface area (Å²) in [5.74, 6) is 1.93. The lowest BCUT2D eigenvalue weighted by Crippen LogP contribution is -2.29. The predicted molar refractivity (Wildman–Crippen MR) is 150 cm³/mol. The number of benzene rings is 1. The number of rotatable bonds is 6. The molecule has 10 heteroatoms. The number of piperidine rings is 1. The minimum Gasteiger partial charge on any atom is -0.339 e. The van der Waals surface area contributed by atoms with Gasteiger partial charge in [0, 0.05) is 48.1 Å². The quantitative estimate of drug-likeness (QED) is 0.336. The summed E-state index contributed by atoms with van der Waals surface area (Å²) in [5, 5.41) is 7.97. The number of aromatic nitrogens is 6. The average molecular weight is 523 g/mol. The number of nitrogens with zero attached hydrogens (tertiary/aromatic N) is 7. The van der Waals surface area contributed by atoms with Gasteiger partial charge in [-0.15, -0.1) is 0 Å². The lowest BCUT2D eigenvalue weighted by molar-refractivity contribution is 0.255. The first-order valence-corrected chi connectivity index (χ1v) is 13.2. The van der Waals surface area contributed by atoms with Crippen LogP contribution in [0.25, 0.3) is 33.7 Å². The van der Waals surface area contributed by atoms with E-state index in [1.165, 1.54) is 18.4 Å². The van der Waals surface area contributed by atoms with Crippen molar-refractivity contribution in [2.24, 2.45) is 0 Å². The molecular weight excluding hydrogens is 492 g/mol. The van der Waals surface area contributed by atoms with Crippen LogP contribution in [0, 0.1) is 6.92 Å². The number of pyridine rings is 2. The van der Waals surface area contributed by atoms with Crippen molar-refractivity contribution in [1.82, 2.24) is 34.6 Å². The molecule has 0 bridgehead atoms. The van der Waals surface area contributed by atoms with E-state index in [0.29, 0.717) is 52.6 Å². The van der Waals surface area contributed by atoms with Crippen LogP contribution >= 0.6 is 0 Å². The Bertz CT molecular complexity index is 1670. The number of likely N-dealkylation sites (tertiary alicyclic amines) is 1. The predicted octanol–water partition coefficient (Wildman–Crippen LogP) is 4.78. The van der Waals surface area contributed by atoms with Crippen LogP contribution < -0.4 is 10.9 Å². The van der Waals surface area contributed by atoms with Crippen LogP contribution in [0.4, 0.5) is 11.6 Å². The summed E-state index contributed by atoms with van der Waals surface area (Å²) in [6.45, 7) is 6.40. The summed E-state index contributed by atoms with van der Waals surface area (Å²) in [6, 6.07) is 14.0. The molecule has 0 unspecified atom stereocenters. The Morgan fingerprint density at radius 1 is 1.03 bits per heavy atom. The fourth-order valence-corrected chi connectivity index (χ4v) is 5.12. The maximum atomic E-state index is 13.5. The highest BCUT2D eigenvalue weighted by Crippen LogP contribution is 2.29. The third-order valence-corrected chi connectivity index (χ3v) is 7.33. The number of nitrogens with one attached hydrogen (secondary N) is 1. The molecule has 5 aromatic rings. The summed E-state index contributed by atoms with van der Waals surface area (Å²) in [7, 11) is 2.18. The second kappa shape index (κ2) is 10.4. The molecule has 6 rings (SSSR count). The van der Waals surface area contributed by atoms with E-state index in [4.69, 9.17) is 9.51 Å². The van der Waals surface area contributed by atoms with E-state index in [-0.39, 0.29) is 5.56 Å². The summed E-state index contributed by atoms with van der Waals surface area (Å²) >= 11 is 0. The number of hydrogen-bond donors (Lipinski definition) is 1. The van der Waals surface area contributed by atoms with E-state index >= 15 is 0 Å². The molecule has 10 nitrogen and oxygen atoms in total. The molecule has 39 heavy (non-hydrogen) atoms. The molecule has 5 heterocycles. The fourth-order valence-electron chi connectivity index (χ4n) is 5.12. The van der Waals surface area contributed by atoms with Gasteiger partial charge < -0.3 is 14.7 Å². The lowest BCUT2D eigenvalue weighted by atomic mass is 9.89. The Hall–Kier alpha value is -4.44. The normalized spacial score (nSPS) is 14.6. The molecule has 0 spiro atoms. The maximum absolute atomic E-state index is 13.5. The van der Waals surface area contributed by atoms with Gasteiger partial charge in [-0.3, -0.25) is 14.3 Å². The topological polar surface area (TPSA) is 115 Å². The third kappa shape index (κ3) is 5.03. The zero-order chi connectivity index (χ0) is 26.9. The molecule has 1 aliphatic heterocycles. The Morgan fingerprint density at radius 2 is 1.82 bits per heavy atom. The van der Waals surface area contributed by atoms with E-state index in [0.717, 1.165) is 24.2 Å². The van der Waals surface area contributed by atoms with Crippen molar-refractivity contribution in [3.63, 3.8) is 0 Å². The smallest absolute Gasteiger partial charge is 0.260 e. The molecule has 198 valence electrons. The van der Waals surface area contributed by atoms with Gasteiger partial charge in [-0.1, -0.05) is 23.4 Å². The zero-order valence-corrected chi connectivity index (χ0v) is 22.3. The van der Waals surface area contributed by atoms with Crippen LogP contribution in [0.2, 0.25) is 0 Å². The average Bonchev–Trinajstić information content (AvgIpc) is 3.40. The Balaban J connectivity index is 1.26. The molecule has 0 aliphatic carbocycles. The van der Waals surface area contributed by atoms with Gasteiger partial charge in [-0.2, -0.15) is 9.97 Å². The third-order valence-electron chi connectivity index (χ3n) is 7.33. The molecule has 0 saturated carbocycles. The molecule has 1 aromatic carbocycles. The van der Waals surface area contributed by atoms with Crippen molar-refractivity contribution in [2.75, 3.05) is 25.5 Å². The molecule has 1 fully saturated rings. The number of hydrogen-bond acceptors (Lipinski definition) is 9. The maximum Gasteiger partial charge on any atom is 0.260 e. The second-order valence-corrected chi connectivity index (χ2v) is 9.97. The van der Waals surface area contributed by atoms with Crippen LogP contribution in [-0.2, 0) is 6.54 Å². The van der Waals surface area contributed by atoms with Crippen LogP contribution in [0.1, 0.15) is 37.1 Å². The highest BCUT2D eigenvalue weighted by Gasteiger charge is 2.18. The van der Waals surface area contributed by atoms with Gasteiger partial charge in [0.05, 0.1) is 0 Å². The van der Waals surface area contributed by atoms with E-state index in [1.807, 2.05) is 19.1 Å². The first kappa shape index (κ1) is 24.9. The molecule has 1 aliphatic rings. The van der Waals surface area contributed by atoms with Gasteiger partial charge in [0.1, 0.15) is 11.3 Å². The Labute approximate surface area is 225 Å². The van der Waals surface area contributed by atoms with Crippen LogP contribution in [0.15, 0.2) is 64.2 Å². The van der Waals surface area contributed by atoms with Gasteiger partial charge in [-0.05, 0) is 75.6 Å². The van der Waals surface area contributed by atoms with Crippen LogP contribution in [0.3, 0.4) is 0 Å². The van der Waals surface area contributed by atoms with E-state index in [2.05, 4.69) is 61.6 Å². The first-order chi connectivity index (χ1) is 19.0. The van der Waals surface area contributed by atoms with Crippen molar-refractivity contribution in [2.45, 2.75) is 39.2 Å². The van der Waals surface area contributed by atoms with E-state index < -0.39 is 0 Å². The molecule has 0 radical (unpaired) electrons. The van der Waals surface area contributed by atoms with E-state index in [1.54, 1.807) is 30.0 Å².